The predicted molar refractivity (Wildman–Crippen MR) is 78.0 cm³/mol. The summed E-state index contributed by atoms with van der Waals surface area (Å²) in [6.45, 7) is 11.6. The monoisotopic (exact) mass is 270 g/mol. The second-order valence-corrected chi connectivity index (χ2v) is 7.10. The highest BCUT2D eigenvalue weighted by molar-refractivity contribution is 5.68. The topological polar surface area (TPSA) is 55.6 Å². The molecule has 1 saturated heterocycles. The van der Waals surface area contributed by atoms with Crippen LogP contribution in [0, 0.1) is 11.8 Å². The molecule has 112 valence electrons. The van der Waals surface area contributed by atoms with Gasteiger partial charge < -0.3 is 15.4 Å². The molecule has 0 aromatic heterocycles. The minimum atomic E-state index is -0.415. The molecule has 4 nitrogen and oxygen atoms in total. The second-order valence-electron chi connectivity index (χ2n) is 7.10. The molecule has 0 spiro atoms. The van der Waals surface area contributed by atoms with Crippen molar-refractivity contribution in [1.82, 2.24) is 4.90 Å². The molecular formula is C15H30N2O2. The molecule has 1 aliphatic heterocycles. The van der Waals surface area contributed by atoms with Crippen molar-refractivity contribution in [2.45, 2.75) is 65.5 Å². The number of hydrogen-bond donors (Lipinski definition) is 1. The minimum absolute atomic E-state index is 0.191. The molecule has 0 aromatic rings. The summed E-state index contributed by atoms with van der Waals surface area (Å²) in [4.78, 5) is 13.7. The van der Waals surface area contributed by atoms with Crippen LogP contribution < -0.4 is 5.73 Å². The Bertz CT molecular complexity index is 289. The molecule has 0 radical (unpaired) electrons. The van der Waals surface area contributed by atoms with E-state index in [0.717, 1.165) is 32.4 Å². The van der Waals surface area contributed by atoms with Gasteiger partial charge in [0.15, 0.2) is 0 Å². The molecule has 0 saturated carbocycles. The molecule has 0 bridgehead atoms. The van der Waals surface area contributed by atoms with E-state index in [1.165, 1.54) is 0 Å². The molecule has 1 aliphatic rings. The summed E-state index contributed by atoms with van der Waals surface area (Å²) >= 11 is 0. The number of hydrogen-bond acceptors (Lipinski definition) is 3. The highest BCUT2D eigenvalue weighted by Crippen LogP contribution is 2.24. The van der Waals surface area contributed by atoms with Gasteiger partial charge in [-0.25, -0.2) is 4.79 Å². The fraction of sp³-hybridized carbons (Fsp3) is 0.933. The van der Waals surface area contributed by atoms with Gasteiger partial charge in [-0.05, 0) is 51.9 Å². The number of carbonyl (C=O) groups is 1. The van der Waals surface area contributed by atoms with Crippen LogP contribution in [0.5, 0.6) is 0 Å². The Balaban J connectivity index is 2.38. The van der Waals surface area contributed by atoms with E-state index in [9.17, 15) is 4.79 Å². The van der Waals surface area contributed by atoms with Crippen molar-refractivity contribution >= 4 is 6.09 Å². The highest BCUT2D eigenvalue weighted by atomic mass is 16.6. The van der Waals surface area contributed by atoms with Gasteiger partial charge in [0.05, 0.1) is 0 Å². The average Bonchev–Trinajstić information content (AvgIpc) is 2.26. The van der Waals surface area contributed by atoms with Crippen molar-refractivity contribution in [3.05, 3.63) is 0 Å². The van der Waals surface area contributed by atoms with Crippen molar-refractivity contribution < 1.29 is 9.53 Å². The highest BCUT2D eigenvalue weighted by Gasteiger charge is 2.29. The van der Waals surface area contributed by atoms with Crippen LogP contribution in [-0.4, -0.2) is 35.7 Å². The lowest BCUT2D eigenvalue weighted by atomic mass is 9.86. The molecule has 2 N–H and O–H groups in total. The third-order valence-electron chi connectivity index (χ3n) is 3.54. The van der Waals surface area contributed by atoms with Crippen molar-refractivity contribution in [2.24, 2.45) is 17.6 Å². The van der Waals surface area contributed by atoms with Gasteiger partial charge in [-0.3, -0.25) is 0 Å². The summed E-state index contributed by atoms with van der Waals surface area (Å²) in [6.07, 6.45) is 2.86. The first-order chi connectivity index (χ1) is 8.69. The van der Waals surface area contributed by atoms with Crippen LogP contribution in [0.15, 0.2) is 0 Å². The Morgan fingerprint density at radius 1 is 1.32 bits per heavy atom. The molecule has 0 aromatic carbocycles. The summed E-state index contributed by atoms with van der Waals surface area (Å²) in [5.74, 6) is 1.18. The molecule has 1 rings (SSSR count). The van der Waals surface area contributed by atoms with E-state index in [2.05, 4.69) is 13.8 Å². The number of carbonyl (C=O) groups excluding carboxylic acids is 1. The summed E-state index contributed by atoms with van der Waals surface area (Å²) < 4.78 is 5.39. The quantitative estimate of drug-likeness (QED) is 0.857. The molecule has 0 aliphatic carbocycles. The zero-order chi connectivity index (χ0) is 14.6. The fourth-order valence-electron chi connectivity index (χ4n) is 2.57. The number of rotatable bonds is 3. The first-order valence-corrected chi connectivity index (χ1v) is 7.42. The van der Waals surface area contributed by atoms with E-state index in [1.54, 1.807) is 0 Å². The van der Waals surface area contributed by atoms with E-state index in [4.69, 9.17) is 10.5 Å². The zero-order valence-electron chi connectivity index (χ0n) is 13.1. The normalized spacial score (nSPS) is 19.6. The molecule has 1 atom stereocenters. The fourth-order valence-corrected chi connectivity index (χ4v) is 2.57. The van der Waals surface area contributed by atoms with Gasteiger partial charge in [0.25, 0.3) is 0 Å². The smallest absolute Gasteiger partial charge is 0.410 e. The Hall–Kier alpha value is -0.770. The molecule has 1 amide bonds. The Morgan fingerprint density at radius 3 is 2.26 bits per heavy atom. The maximum Gasteiger partial charge on any atom is 0.410 e. The van der Waals surface area contributed by atoms with Crippen molar-refractivity contribution in [2.75, 3.05) is 13.1 Å². The minimum Gasteiger partial charge on any atom is -0.444 e. The van der Waals surface area contributed by atoms with Crippen molar-refractivity contribution in [1.29, 1.82) is 0 Å². The van der Waals surface area contributed by atoms with E-state index in [1.807, 2.05) is 25.7 Å². The van der Waals surface area contributed by atoms with Crippen LogP contribution in [0.4, 0.5) is 4.79 Å². The van der Waals surface area contributed by atoms with Gasteiger partial charge in [0.2, 0.25) is 0 Å². The van der Waals surface area contributed by atoms with Gasteiger partial charge in [0.1, 0.15) is 5.60 Å². The van der Waals surface area contributed by atoms with Crippen molar-refractivity contribution in [3.63, 3.8) is 0 Å². The summed E-state index contributed by atoms with van der Waals surface area (Å²) in [7, 11) is 0. The Kier molecular flexibility index (Phi) is 5.65. The number of piperidine rings is 1. The molecule has 1 fully saturated rings. The largest absolute Gasteiger partial charge is 0.444 e. The Labute approximate surface area is 117 Å². The van der Waals surface area contributed by atoms with Crippen LogP contribution in [0.3, 0.4) is 0 Å². The number of nitrogens with zero attached hydrogens (tertiary/aromatic N) is 1. The summed E-state index contributed by atoms with van der Waals surface area (Å²) in [6, 6.07) is 0.265. The lowest BCUT2D eigenvalue weighted by molar-refractivity contribution is 0.0171. The van der Waals surface area contributed by atoms with Crippen LogP contribution in [0.2, 0.25) is 0 Å². The third-order valence-corrected chi connectivity index (χ3v) is 3.54. The van der Waals surface area contributed by atoms with E-state index >= 15 is 0 Å². The lowest BCUT2D eigenvalue weighted by Gasteiger charge is -2.36. The first kappa shape index (κ1) is 16.3. The standard InChI is InChI=1S/C15H30N2O2/c1-11(2)10-13(16)12-6-8-17(9-7-12)14(18)19-15(3,4)5/h11-13H,6-10,16H2,1-5H3/t13-/m0/s1. The number of nitrogens with two attached hydrogens (primary N) is 1. The summed E-state index contributed by atoms with van der Waals surface area (Å²) in [5.41, 5.74) is 5.82. The second kappa shape index (κ2) is 6.60. The third kappa shape index (κ3) is 5.81. The van der Waals surface area contributed by atoms with Gasteiger partial charge in [0, 0.05) is 19.1 Å². The average molecular weight is 270 g/mol. The van der Waals surface area contributed by atoms with Gasteiger partial charge in [-0.1, -0.05) is 13.8 Å². The van der Waals surface area contributed by atoms with Gasteiger partial charge in [-0.15, -0.1) is 0 Å². The molecule has 0 unspecified atom stereocenters. The number of ether oxygens (including phenoxy) is 1. The molecular weight excluding hydrogens is 240 g/mol. The van der Waals surface area contributed by atoms with E-state index in [0.29, 0.717) is 11.8 Å². The SMILES string of the molecule is CC(C)C[C@H](N)C1CCN(C(=O)OC(C)(C)C)CC1. The van der Waals surface area contributed by atoms with E-state index in [-0.39, 0.29) is 12.1 Å². The summed E-state index contributed by atoms with van der Waals surface area (Å²) in [5, 5.41) is 0. The molecule has 19 heavy (non-hydrogen) atoms. The molecule has 4 heteroatoms. The Morgan fingerprint density at radius 2 is 1.84 bits per heavy atom. The van der Waals surface area contributed by atoms with Gasteiger partial charge >= 0.3 is 6.09 Å². The van der Waals surface area contributed by atoms with Crippen LogP contribution in [0.25, 0.3) is 0 Å². The van der Waals surface area contributed by atoms with Crippen LogP contribution in [-0.2, 0) is 4.74 Å². The molecule has 1 heterocycles. The van der Waals surface area contributed by atoms with Crippen LogP contribution in [0.1, 0.15) is 53.9 Å². The van der Waals surface area contributed by atoms with Crippen molar-refractivity contribution in [3.8, 4) is 0 Å². The number of amides is 1. The van der Waals surface area contributed by atoms with E-state index < -0.39 is 5.60 Å². The maximum absolute atomic E-state index is 11.9. The van der Waals surface area contributed by atoms with Crippen LogP contribution >= 0.6 is 0 Å². The lowest BCUT2D eigenvalue weighted by Crippen LogP contribution is -2.45. The maximum atomic E-state index is 11.9. The first-order valence-electron chi connectivity index (χ1n) is 7.42. The zero-order valence-corrected chi connectivity index (χ0v) is 13.1. The van der Waals surface area contributed by atoms with Gasteiger partial charge in [-0.2, -0.15) is 0 Å². The predicted octanol–water partition coefficient (Wildman–Crippen LogP) is 3.01. The number of likely N-dealkylation sites (tertiary alicyclic amines) is 1.